The number of ether oxygens (including phenoxy) is 1. The van der Waals surface area contributed by atoms with Gasteiger partial charge in [0.15, 0.2) is 0 Å². The quantitative estimate of drug-likeness (QED) is 0.777. The number of nitrogens with one attached hydrogen (secondary N) is 1. The number of rotatable bonds is 5. The van der Waals surface area contributed by atoms with Gasteiger partial charge in [-0.15, -0.1) is 0 Å². The minimum atomic E-state index is -0.511. The molecule has 1 aliphatic rings. The molecule has 0 bridgehead atoms. The number of nitrogens with zero attached hydrogens (tertiary/aromatic N) is 1. The van der Waals surface area contributed by atoms with Crippen LogP contribution in [0.5, 0.6) is 0 Å². The van der Waals surface area contributed by atoms with Gasteiger partial charge in [0.05, 0.1) is 5.33 Å². The molecule has 0 aromatic carbocycles. The van der Waals surface area contributed by atoms with Crippen molar-refractivity contribution < 1.29 is 14.3 Å². The Balaban J connectivity index is 2.47. The van der Waals surface area contributed by atoms with Crippen LogP contribution in [0, 0.1) is 0 Å². The van der Waals surface area contributed by atoms with E-state index in [0.29, 0.717) is 17.9 Å². The standard InChI is InChI=1S/C14H25BrN2O3/c1-10(16-13(19)20-14(2,3)4)9-17(12(18)8-15)11-6-5-7-11/h10-11H,5-9H2,1-4H3,(H,16,19). The Kier molecular flexibility index (Phi) is 6.30. The number of carbonyl (C=O) groups is 2. The van der Waals surface area contributed by atoms with Crippen molar-refractivity contribution in [1.29, 1.82) is 0 Å². The van der Waals surface area contributed by atoms with Crippen LogP contribution in [0.2, 0.25) is 0 Å². The Morgan fingerprint density at radius 1 is 1.40 bits per heavy atom. The van der Waals surface area contributed by atoms with E-state index in [1.807, 2.05) is 32.6 Å². The molecular formula is C14H25BrN2O3. The van der Waals surface area contributed by atoms with Gasteiger partial charge >= 0.3 is 6.09 Å². The number of alkyl carbamates (subject to hydrolysis) is 1. The van der Waals surface area contributed by atoms with Gasteiger partial charge in [0.2, 0.25) is 5.91 Å². The van der Waals surface area contributed by atoms with E-state index in [1.54, 1.807) is 0 Å². The Bertz CT molecular complexity index is 351. The molecule has 0 spiro atoms. The number of alkyl halides is 1. The maximum atomic E-state index is 11.9. The Labute approximate surface area is 129 Å². The highest BCUT2D eigenvalue weighted by Gasteiger charge is 2.29. The van der Waals surface area contributed by atoms with Gasteiger partial charge in [-0.25, -0.2) is 4.79 Å². The van der Waals surface area contributed by atoms with Crippen LogP contribution < -0.4 is 5.32 Å². The summed E-state index contributed by atoms with van der Waals surface area (Å²) in [5, 5.41) is 3.10. The van der Waals surface area contributed by atoms with E-state index in [0.717, 1.165) is 12.8 Å². The Morgan fingerprint density at radius 2 is 2.00 bits per heavy atom. The number of amides is 2. The molecule has 0 aromatic rings. The molecule has 0 aromatic heterocycles. The van der Waals surface area contributed by atoms with Crippen molar-refractivity contribution in [1.82, 2.24) is 10.2 Å². The van der Waals surface area contributed by atoms with Crippen molar-refractivity contribution in [2.24, 2.45) is 0 Å². The van der Waals surface area contributed by atoms with E-state index in [-0.39, 0.29) is 11.9 Å². The molecule has 6 heteroatoms. The Hall–Kier alpha value is -0.780. The zero-order valence-corrected chi connectivity index (χ0v) is 14.3. The molecule has 1 N–H and O–H groups in total. The second-order valence-corrected chi connectivity index (χ2v) is 6.87. The summed E-state index contributed by atoms with van der Waals surface area (Å²) >= 11 is 3.21. The second kappa shape index (κ2) is 7.29. The molecule has 0 radical (unpaired) electrons. The van der Waals surface area contributed by atoms with E-state index in [1.165, 1.54) is 6.42 Å². The molecule has 5 nitrogen and oxygen atoms in total. The fourth-order valence-corrected chi connectivity index (χ4v) is 2.40. The summed E-state index contributed by atoms with van der Waals surface area (Å²) in [5.74, 6) is 0.0764. The fraction of sp³-hybridized carbons (Fsp3) is 0.857. The molecule has 1 saturated carbocycles. The van der Waals surface area contributed by atoms with Crippen LogP contribution in [0.15, 0.2) is 0 Å². The zero-order chi connectivity index (χ0) is 15.3. The van der Waals surface area contributed by atoms with Crippen molar-refractivity contribution in [2.75, 3.05) is 11.9 Å². The summed E-state index contributed by atoms with van der Waals surface area (Å²) in [7, 11) is 0. The first kappa shape index (κ1) is 17.3. The molecular weight excluding hydrogens is 324 g/mol. The first-order valence-electron chi connectivity index (χ1n) is 7.08. The molecule has 1 fully saturated rings. The van der Waals surface area contributed by atoms with Crippen LogP contribution >= 0.6 is 15.9 Å². The highest BCUT2D eigenvalue weighted by molar-refractivity contribution is 9.09. The van der Waals surface area contributed by atoms with Crippen molar-refractivity contribution in [3.63, 3.8) is 0 Å². The SMILES string of the molecule is CC(CN(C(=O)CBr)C1CCC1)NC(=O)OC(C)(C)C. The van der Waals surface area contributed by atoms with Crippen LogP contribution in [-0.2, 0) is 9.53 Å². The lowest BCUT2D eigenvalue weighted by atomic mass is 9.91. The van der Waals surface area contributed by atoms with E-state index in [9.17, 15) is 9.59 Å². The van der Waals surface area contributed by atoms with Gasteiger partial charge in [0.25, 0.3) is 0 Å². The lowest BCUT2D eigenvalue weighted by Gasteiger charge is -2.39. The summed E-state index contributed by atoms with van der Waals surface area (Å²) < 4.78 is 5.21. The average Bonchev–Trinajstić information content (AvgIpc) is 2.21. The number of hydrogen-bond donors (Lipinski definition) is 1. The molecule has 20 heavy (non-hydrogen) atoms. The van der Waals surface area contributed by atoms with Crippen LogP contribution in [0.25, 0.3) is 0 Å². The smallest absolute Gasteiger partial charge is 0.407 e. The lowest BCUT2D eigenvalue weighted by molar-refractivity contribution is -0.132. The molecule has 2 amide bonds. The third-order valence-corrected chi connectivity index (χ3v) is 3.66. The molecule has 1 aliphatic carbocycles. The van der Waals surface area contributed by atoms with Crippen LogP contribution in [0.1, 0.15) is 47.0 Å². The number of carbonyl (C=O) groups excluding carboxylic acids is 2. The predicted octanol–water partition coefficient (Wildman–Crippen LogP) is 2.68. The van der Waals surface area contributed by atoms with E-state index in [2.05, 4.69) is 21.2 Å². The van der Waals surface area contributed by atoms with Crippen molar-refractivity contribution in [3.05, 3.63) is 0 Å². The third-order valence-electron chi connectivity index (χ3n) is 3.18. The van der Waals surface area contributed by atoms with Gasteiger partial charge in [0.1, 0.15) is 5.60 Å². The summed E-state index contributed by atoms with van der Waals surface area (Å²) in [6, 6.07) is 0.191. The van der Waals surface area contributed by atoms with Gasteiger partial charge in [0, 0.05) is 18.6 Å². The molecule has 1 atom stereocenters. The normalized spacial score (nSPS) is 17.1. The van der Waals surface area contributed by atoms with Gasteiger partial charge in [-0.05, 0) is 47.0 Å². The van der Waals surface area contributed by atoms with Crippen molar-refractivity contribution >= 4 is 27.9 Å². The average molecular weight is 349 g/mol. The predicted molar refractivity (Wildman–Crippen MR) is 82.0 cm³/mol. The maximum Gasteiger partial charge on any atom is 0.407 e. The van der Waals surface area contributed by atoms with Gasteiger partial charge in [-0.1, -0.05) is 15.9 Å². The molecule has 0 heterocycles. The van der Waals surface area contributed by atoms with E-state index >= 15 is 0 Å². The largest absolute Gasteiger partial charge is 0.444 e. The third kappa shape index (κ3) is 5.69. The molecule has 1 rings (SSSR count). The fourth-order valence-electron chi connectivity index (χ4n) is 2.08. The van der Waals surface area contributed by atoms with Gasteiger partial charge in [-0.3, -0.25) is 4.79 Å². The molecule has 0 saturated heterocycles. The first-order valence-corrected chi connectivity index (χ1v) is 8.20. The second-order valence-electron chi connectivity index (χ2n) is 6.31. The zero-order valence-electron chi connectivity index (χ0n) is 12.7. The van der Waals surface area contributed by atoms with Gasteiger partial charge < -0.3 is 15.0 Å². The van der Waals surface area contributed by atoms with Crippen LogP contribution in [-0.4, -0.2) is 46.5 Å². The minimum Gasteiger partial charge on any atom is -0.444 e. The first-order chi connectivity index (χ1) is 9.23. The summed E-state index contributed by atoms with van der Waals surface area (Å²) in [6.07, 6.45) is 2.84. The Morgan fingerprint density at radius 3 is 2.40 bits per heavy atom. The number of hydrogen-bond acceptors (Lipinski definition) is 3. The topological polar surface area (TPSA) is 58.6 Å². The monoisotopic (exact) mass is 348 g/mol. The minimum absolute atomic E-state index is 0.0764. The molecule has 0 aliphatic heterocycles. The maximum absolute atomic E-state index is 11.9. The highest BCUT2D eigenvalue weighted by Crippen LogP contribution is 2.25. The summed E-state index contributed by atoms with van der Waals surface area (Å²) in [5.41, 5.74) is -0.511. The summed E-state index contributed by atoms with van der Waals surface area (Å²) in [6.45, 7) is 7.89. The van der Waals surface area contributed by atoms with E-state index < -0.39 is 11.7 Å². The van der Waals surface area contributed by atoms with Crippen molar-refractivity contribution in [2.45, 2.75) is 64.6 Å². The highest BCUT2D eigenvalue weighted by atomic mass is 79.9. The lowest BCUT2D eigenvalue weighted by Crippen LogP contribution is -2.51. The van der Waals surface area contributed by atoms with Crippen molar-refractivity contribution in [3.8, 4) is 0 Å². The number of halogens is 1. The molecule has 116 valence electrons. The van der Waals surface area contributed by atoms with Crippen LogP contribution in [0.3, 0.4) is 0 Å². The van der Waals surface area contributed by atoms with Crippen LogP contribution in [0.4, 0.5) is 4.79 Å². The summed E-state index contributed by atoms with van der Waals surface area (Å²) in [4.78, 5) is 25.5. The van der Waals surface area contributed by atoms with E-state index in [4.69, 9.17) is 4.74 Å². The molecule has 1 unspecified atom stereocenters. The van der Waals surface area contributed by atoms with Gasteiger partial charge in [-0.2, -0.15) is 0 Å².